The first-order chi connectivity index (χ1) is 13.6. The minimum atomic E-state index is -0.851. The van der Waals surface area contributed by atoms with Crippen LogP contribution >= 0.6 is 0 Å². The highest BCUT2D eigenvalue weighted by molar-refractivity contribution is 6.01. The molecule has 0 atom stereocenters. The molecule has 1 aromatic carbocycles. The molecule has 0 fully saturated rings. The smallest absolute Gasteiger partial charge is 0.332 e. The minimum absolute atomic E-state index is 0.0462. The van der Waals surface area contributed by atoms with Crippen molar-refractivity contribution in [3.8, 4) is 0 Å². The highest BCUT2D eigenvalue weighted by Gasteiger charge is 2.22. The van der Waals surface area contributed by atoms with Crippen LogP contribution in [0.25, 0.3) is 6.08 Å². The summed E-state index contributed by atoms with van der Waals surface area (Å²) >= 11 is 0. The number of halogens is 1. The van der Waals surface area contributed by atoms with Gasteiger partial charge >= 0.3 is 11.7 Å². The van der Waals surface area contributed by atoms with Crippen molar-refractivity contribution in [2.45, 2.75) is 20.4 Å². The number of aromatic nitrogens is 2. The molecule has 29 heavy (non-hydrogen) atoms. The Hall–Kier alpha value is -3.49. The van der Waals surface area contributed by atoms with Gasteiger partial charge in [-0.2, -0.15) is 0 Å². The third-order valence-corrected chi connectivity index (χ3v) is 4.04. The monoisotopic (exact) mass is 403 g/mol. The number of hydrogen-bond donors (Lipinski definition) is 1. The molecule has 8 nitrogen and oxygen atoms in total. The van der Waals surface area contributed by atoms with E-state index in [4.69, 9.17) is 10.5 Å². The van der Waals surface area contributed by atoms with Crippen LogP contribution in [0.5, 0.6) is 0 Å². The van der Waals surface area contributed by atoms with E-state index in [0.29, 0.717) is 5.56 Å². The number of Topliss-reactive ketones (excluding diaryl/α,β-unsaturated/α-hetero) is 1. The third kappa shape index (κ3) is 5.28. The van der Waals surface area contributed by atoms with E-state index in [1.54, 1.807) is 0 Å². The van der Waals surface area contributed by atoms with Gasteiger partial charge in [-0.3, -0.25) is 18.7 Å². The fourth-order valence-electron chi connectivity index (χ4n) is 2.58. The molecule has 0 saturated heterocycles. The van der Waals surface area contributed by atoms with Gasteiger partial charge in [0.15, 0.2) is 6.61 Å². The quantitative estimate of drug-likeness (QED) is 0.424. The van der Waals surface area contributed by atoms with Crippen LogP contribution in [0.2, 0.25) is 0 Å². The summed E-state index contributed by atoms with van der Waals surface area (Å²) in [5.41, 5.74) is 4.58. The Bertz CT molecular complexity index is 1070. The Kier molecular flexibility index (Phi) is 6.87. The molecule has 2 N–H and O–H groups in total. The number of hydrogen-bond acceptors (Lipinski definition) is 6. The molecule has 0 aliphatic heterocycles. The van der Waals surface area contributed by atoms with Crippen molar-refractivity contribution in [2.24, 2.45) is 13.0 Å². The van der Waals surface area contributed by atoms with Crippen LogP contribution in [-0.4, -0.2) is 27.5 Å². The fraction of sp³-hybridized carbons (Fsp3) is 0.300. The van der Waals surface area contributed by atoms with E-state index in [9.17, 15) is 23.6 Å². The molecule has 0 bridgehead atoms. The maximum atomic E-state index is 12.9. The number of carbonyl (C=O) groups is 2. The molecule has 0 aliphatic rings. The average Bonchev–Trinajstić information content (AvgIpc) is 2.67. The van der Waals surface area contributed by atoms with Crippen molar-refractivity contribution in [1.29, 1.82) is 0 Å². The van der Waals surface area contributed by atoms with E-state index in [2.05, 4.69) is 0 Å². The fourth-order valence-corrected chi connectivity index (χ4v) is 2.58. The lowest BCUT2D eigenvalue weighted by molar-refractivity contribution is -0.136. The van der Waals surface area contributed by atoms with E-state index < -0.39 is 41.0 Å². The molecule has 0 spiro atoms. The van der Waals surface area contributed by atoms with Gasteiger partial charge in [0.2, 0.25) is 5.78 Å². The molecule has 1 aromatic heterocycles. The van der Waals surface area contributed by atoms with Gasteiger partial charge in [0.1, 0.15) is 17.2 Å². The van der Waals surface area contributed by atoms with Crippen LogP contribution < -0.4 is 17.0 Å². The van der Waals surface area contributed by atoms with Crippen molar-refractivity contribution in [3.05, 3.63) is 68.1 Å². The normalized spacial score (nSPS) is 11.2. The Labute approximate surface area is 166 Å². The first-order valence-corrected chi connectivity index (χ1v) is 8.84. The van der Waals surface area contributed by atoms with E-state index in [-0.39, 0.29) is 18.3 Å². The SMILES string of the molecule is CC(C)Cn1c(N)c(C(=O)COC(=O)C=Cc2ccc(F)cc2)c(=O)n(C)c1=O. The van der Waals surface area contributed by atoms with Crippen molar-refractivity contribution < 1.29 is 18.7 Å². The summed E-state index contributed by atoms with van der Waals surface area (Å²) in [6.45, 7) is 3.21. The van der Waals surface area contributed by atoms with Gasteiger partial charge in [-0.05, 0) is 29.7 Å². The molecule has 0 saturated carbocycles. The van der Waals surface area contributed by atoms with Crippen molar-refractivity contribution in [1.82, 2.24) is 9.13 Å². The van der Waals surface area contributed by atoms with Crippen LogP contribution in [0.15, 0.2) is 39.9 Å². The number of anilines is 1. The number of nitrogens with two attached hydrogens (primary N) is 1. The maximum absolute atomic E-state index is 12.9. The number of ketones is 1. The van der Waals surface area contributed by atoms with Crippen LogP contribution in [0.1, 0.15) is 29.8 Å². The zero-order valence-corrected chi connectivity index (χ0v) is 16.3. The molecule has 0 aliphatic carbocycles. The van der Waals surface area contributed by atoms with E-state index in [1.807, 2.05) is 13.8 Å². The van der Waals surface area contributed by atoms with Gasteiger partial charge in [0.25, 0.3) is 5.56 Å². The van der Waals surface area contributed by atoms with Gasteiger partial charge in [-0.25, -0.2) is 14.0 Å². The molecule has 9 heteroatoms. The Morgan fingerprint density at radius 2 is 1.83 bits per heavy atom. The number of nitrogen functional groups attached to an aromatic ring is 1. The summed E-state index contributed by atoms with van der Waals surface area (Å²) in [4.78, 5) is 48.9. The summed E-state index contributed by atoms with van der Waals surface area (Å²) in [7, 11) is 1.25. The number of nitrogens with zero attached hydrogens (tertiary/aromatic N) is 2. The number of rotatable bonds is 7. The van der Waals surface area contributed by atoms with Crippen molar-refractivity contribution in [3.63, 3.8) is 0 Å². The van der Waals surface area contributed by atoms with Crippen LogP contribution in [0.3, 0.4) is 0 Å². The van der Waals surface area contributed by atoms with Crippen molar-refractivity contribution in [2.75, 3.05) is 12.3 Å². The highest BCUT2D eigenvalue weighted by atomic mass is 19.1. The molecular weight excluding hydrogens is 381 g/mol. The molecule has 0 amide bonds. The predicted molar refractivity (Wildman–Crippen MR) is 106 cm³/mol. The maximum Gasteiger partial charge on any atom is 0.332 e. The summed E-state index contributed by atoms with van der Waals surface area (Å²) in [5.74, 6) is -2.26. The molecule has 2 aromatic rings. The minimum Gasteiger partial charge on any atom is -0.454 e. The first kappa shape index (κ1) is 21.8. The number of ether oxygens (including phenoxy) is 1. The zero-order valence-electron chi connectivity index (χ0n) is 16.3. The lowest BCUT2D eigenvalue weighted by Gasteiger charge is -2.16. The zero-order chi connectivity index (χ0) is 21.7. The van der Waals surface area contributed by atoms with Crippen LogP contribution in [0, 0.1) is 11.7 Å². The van der Waals surface area contributed by atoms with E-state index in [1.165, 1.54) is 37.4 Å². The Morgan fingerprint density at radius 1 is 1.21 bits per heavy atom. The lowest BCUT2D eigenvalue weighted by Crippen LogP contribution is -2.43. The molecule has 2 rings (SSSR count). The van der Waals surface area contributed by atoms with E-state index >= 15 is 0 Å². The second-order valence-corrected chi connectivity index (χ2v) is 6.83. The summed E-state index contributed by atoms with van der Waals surface area (Å²) < 4.78 is 19.7. The molecule has 154 valence electrons. The predicted octanol–water partition coefficient (Wildman–Crippen LogP) is 1.36. The van der Waals surface area contributed by atoms with Gasteiger partial charge in [-0.15, -0.1) is 0 Å². The van der Waals surface area contributed by atoms with Gasteiger partial charge in [-0.1, -0.05) is 26.0 Å². The Balaban J connectivity index is 2.17. The molecule has 0 radical (unpaired) electrons. The van der Waals surface area contributed by atoms with Gasteiger partial charge in [0.05, 0.1) is 0 Å². The van der Waals surface area contributed by atoms with Crippen LogP contribution in [0.4, 0.5) is 10.2 Å². The molecular formula is C20H22FN3O5. The largest absolute Gasteiger partial charge is 0.454 e. The first-order valence-electron chi connectivity index (χ1n) is 8.84. The number of esters is 1. The molecule has 0 unspecified atom stereocenters. The second kappa shape index (κ2) is 9.13. The highest BCUT2D eigenvalue weighted by Crippen LogP contribution is 2.09. The summed E-state index contributed by atoms with van der Waals surface area (Å²) in [5, 5.41) is 0. The molecule has 1 heterocycles. The average molecular weight is 403 g/mol. The third-order valence-electron chi connectivity index (χ3n) is 4.04. The topological polar surface area (TPSA) is 113 Å². The van der Waals surface area contributed by atoms with Gasteiger partial charge < -0.3 is 10.5 Å². The Morgan fingerprint density at radius 3 is 2.41 bits per heavy atom. The lowest BCUT2D eigenvalue weighted by atomic mass is 10.1. The summed E-state index contributed by atoms with van der Waals surface area (Å²) in [6.07, 6.45) is 2.46. The van der Waals surface area contributed by atoms with E-state index in [0.717, 1.165) is 15.2 Å². The summed E-state index contributed by atoms with van der Waals surface area (Å²) in [6, 6.07) is 5.40. The van der Waals surface area contributed by atoms with Gasteiger partial charge in [0, 0.05) is 19.7 Å². The van der Waals surface area contributed by atoms with Crippen LogP contribution in [-0.2, 0) is 23.1 Å². The standard InChI is InChI=1S/C20H22FN3O5/c1-12(2)10-24-18(22)17(19(27)23(3)20(24)28)15(25)11-29-16(26)9-6-13-4-7-14(21)8-5-13/h4-9,12H,10-11,22H2,1-3H3. The second-order valence-electron chi connectivity index (χ2n) is 6.83. The van der Waals surface area contributed by atoms with Crippen molar-refractivity contribution >= 4 is 23.6 Å². The number of benzene rings is 1. The number of carbonyl (C=O) groups excluding carboxylic acids is 2.